The molecule has 18 heavy (non-hydrogen) atoms. The summed E-state index contributed by atoms with van der Waals surface area (Å²) in [5.41, 5.74) is 6.25. The van der Waals surface area contributed by atoms with E-state index >= 15 is 0 Å². The predicted octanol–water partition coefficient (Wildman–Crippen LogP) is 3.69. The molecule has 0 amide bonds. The minimum atomic E-state index is 0.160. The third-order valence-corrected chi connectivity index (χ3v) is 3.11. The van der Waals surface area contributed by atoms with E-state index < -0.39 is 0 Å². The lowest BCUT2D eigenvalue weighted by Crippen LogP contribution is -1.99. The Kier molecular flexibility index (Phi) is 4.24. The van der Waals surface area contributed by atoms with E-state index in [0.29, 0.717) is 27.4 Å². The summed E-state index contributed by atoms with van der Waals surface area (Å²) in [5, 5.41) is 1.03. The van der Waals surface area contributed by atoms with Gasteiger partial charge in [0, 0.05) is 30.6 Å². The van der Waals surface area contributed by atoms with Gasteiger partial charge in [-0.05, 0) is 6.07 Å². The van der Waals surface area contributed by atoms with Crippen molar-refractivity contribution in [3.8, 4) is 11.8 Å². The van der Waals surface area contributed by atoms with Crippen LogP contribution < -0.4 is 10.5 Å². The molecule has 2 N–H and O–H groups in total. The SMILES string of the molecule is NCc1cnc(Oc2cc(Cl)c(Cl)cc2Cl)nc1. The average molecular weight is 305 g/mol. The number of hydrogen-bond donors (Lipinski definition) is 1. The molecule has 0 spiro atoms. The minimum Gasteiger partial charge on any atom is -0.423 e. The summed E-state index contributed by atoms with van der Waals surface area (Å²) in [6.45, 7) is 0.369. The standard InChI is InChI=1S/C11H8Cl3N3O/c12-7-1-9(14)10(2-8(7)13)18-11-16-4-6(3-15)5-17-11/h1-2,4-5H,3,15H2. The first kappa shape index (κ1) is 13.4. The van der Waals surface area contributed by atoms with Gasteiger partial charge in [-0.1, -0.05) is 34.8 Å². The maximum atomic E-state index is 5.97. The van der Waals surface area contributed by atoms with Crippen molar-refractivity contribution in [2.24, 2.45) is 5.73 Å². The second kappa shape index (κ2) is 5.71. The zero-order chi connectivity index (χ0) is 13.1. The number of aromatic nitrogens is 2. The van der Waals surface area contributed by atoms with E-state index in [9.17, 15) is 0 Å². The molecule has 2 aromatic rings. The van der Waals surface area contributed by atoms with Crippen LogP contribution >= 0.6 is 34.8 Å². The van der Waals surface area contributed by atoms with Gasteiger partial charge >= 0.3 is 6.01 Å². The highest BCUT2D eigenvalue weighted by Crippen LogP contribution is 2.35. The molecule has 94 valence electrons. The molecule has 4 nitrogen and oxygen atoms in total. The summed E-state index contributed by atoms with van der Waals surface area (Å²) in [6.07, 6.45) is 3.15. The zero-order valence-corrected chi connectivity index (χ0v) is 11.3. The zero-order valence-electron chi connectivity index (χ0n) is 9.03. The van der Waals surface area contributed by atoms with Crippen LogP contribution in [0, 0.1) is 0 Å². The minimum absolute atomic E-state index is 0.160. The smallest absolute Gasteiger partial charge is 0.321 e. The molecule has 0 saturated heterocycles. The van der Waals surface area contributed by atoms with Crippen LogP contribution in [0.4, 0.5) is 0 Å². The van der Waals surface area contributed by atoms with Gasteiger partial charge in [-0.2, -0.15) is 0 Å². The maximum Gasteiger partial charge on any atom is 0.321 e. The van der Waals surface area contributed by atoms with Crippen molar-refractivity contribution in [1.82, 2.24) is 9.97 Å². The van der Waals surface area contributed by atoms with Crippen molar-refractivity contribution in [1.29, 1.82) is 0 Å². The van der Waals surface area contributed by atoms with Gasteiger partial charge < -0.3 is 10.5 Å². The van der Waals surface area contributed by atoms with Gasteiger partial charge in [0.2, 0.25) is 0 Å². The van der Waals surface area contributed by atoms with Crippen molar-refractivity contribution in [3.05, 3.63) is 45.2 Å². The average Bonchev–Trinajstić information content (AvgIpc) is 2.37. The first-order valence-corrected chi connectivity index (χ1v) is 6.07. The first-order chi connectivity index (χ1) is 8.60. The number of ether oxygens (including phenoxy) is 1. The lowest BCUT2D eigenvalue weighted by Gasteiger charge is -2.07. The van der Waals surface area contributed by atoms with Crippen LogP contribution in [0.25, 0.3) is 0 Å². The second-order valence-corrected chi connectivity index (χ2v) is 4.60. The van der Waals surface area contributed by atoms with Crippen LogP contribution in [0.5, 0.6) is 11.8 Å². The molecule has 0 atom stereocenters. The molecule has 0 aliphatic carbocycles. The topological polar surface area (TPSA) is 61.0 Å². The largest absolute Gasteiger partial charge is 0.423 e. The second-order valence-electron chi connectivity index (χ2n) is 3.38. The Hall–Kier alpha value is -1.07. The Morgan fingerprint density at radius 1 is 1.00 bits per heavy atom. The molecule has 7 heteroatoms. The van der Waals surface area contributed by atoms with Crippen LogP contribution in [0.2, 0.25) is 15.1 Å². The van der Waals surface area contributed by atoms with Crippen LogP contribution in [0.15, 0.2) is 24.5 Å². The van der Waals surface area contributed by atoms with E-state index in [1.54, 1.807) is 12.4 Å². The monoisotopic (exact) mass is 303 g/mol. The third kappa shape index (κ3) is 3.03. The summed E-state index contributed by atoms with van der Waals surface area (Å²) in [5.74, 6) is 0.339. The van der Waals surface area contributed by atoms with Gasteiger partial charge in [0.25, 0.3) is 0 Å². The molecule has 0 aliphatic heterocycles. The Morgan fingerprint density at radius 3 is 2.22 bits per heavy atom. The first-order valence-electron chi connectivity index (χ1n) is 4.93. The lowest BCUT2D eigenvalue weighted by molar-refractivity contribution is 0.441. The molecule has 0 unspecified atom stereocenters. The fraction of sp³-hybridized carbons (Fsp3) is 0.0909. The van der Waals surface area contributed by atoms with Crippen LogP contribution in [0.3, 0.4) is 0 Å². The highest BCUT2D eigenvalue weighted by molar-refractivity contribution is 6.43. The number of nitrogens with two attached hydrogens (primary N) is 1. The van der Waals surface area contributed by atoms with Gasteiger partial charge in [0.05, 0.1) is 15.1 Å². The summed E-state index contributed by atoms with van der Waals surface area (Å²) >= 11 is 17.6. The van der Waals surface area contributed by atoms with E-state index in [-0.39, 0.29) is 6.01 Å². The van der Waals surface area contributed by atoms with Gasteiger partial charge in [0.1, 0.15) is 0 Å². The Morgan fingerprint density at radius 2 is 1.61 bits per heavy atom. The van der Waals surface area contributed by atoms with Crippen molar-refractivity contribution >= 4 is 34.8 Å². The van der Waals surface area contributed by atoms with Gasteiger partial charge in [0.15, 0.2) is 5.75 Å². The third-order valence-electron chi connectivity index (χ3n) is 2.09. The molecular weight excluding hydrogens is 296 g/mol. The van der Waals surface area contributed by atoms with Crippen LogP contribution in [-0.4, -0.2) is 9.97 Å². The van der Waals surface area contributed by atoms with Crippen LogP contribution in [-0.2, 0) is 6.54 Å². The fourth-order valence-electron chi connectivity index (χ4n) is 1.18. The summed E-state index contributed by atoms with van der Waals surface area (Å²) in [7, 11) is 0. The predicted molar refractivity (Wildman–Crippen MR) is 71.5 cm³/mol. The molecule has 0 bridgehead atoms. The van der Waals surface area contributed by atoms with E-state index in [0.717, 1.165) is 5.56 Å². The molecule has 2 rings (SSSR count). The highest BCUT2D eigenvalue weighted by Gasteiger charge is 2.09. The summed E-state index contributed by atoms with van der Waals surface area (Å²) < 4.78 is 5.41. The van der Waals surface area contributed by atoms with Gasteiger partial charge in [-0.3, -0.25) is 0 Å². The normalized spacial score (nSPS) is 10.4. The quantitative estimate of drug-likeness (QED) is 0.879. The van der Waals surface area contributed by atoms with E-state index in [4.69, 9.17) is 45.3 Å². The van der Waals surface area contributed by atoms with Crippen molar-refractivity contribution in [2.45, 2.75) is 6.54 Å². The molecule has 0 aliphatic rings. The van der Waals surface area contributed by atoms with Crippen molar-refractivity contribution in [3.63, 3.8) is 0 Å². The number of rotatable bonds is 3. The Bertz CT molecular complexity index is 560. The van der Waals surface area contributed by atoms with Crippen molar-refractivity contribution < 1.29 is 4.74 Å². The molecule has 1 aromatic carbocycles. The van der Waals surface area contributed by atoms with Gasteiger partial charge in [-0.15, -0.1) is 0 Å². The molecule has 1 heterocycles. The molecule has 1 aromatic heterocycles. The molecule has 0 radical (unpaired) electrons. The molecule has 0 saturated carbocycles. The number of hydrogen-bond acceptors (Lipinski definition) is 4. The van der Waals surface area contributed by atoms with E-state index in [1.807, 2.05) is 0 Å². The summed E-state index contributed by atoms with van der Waals surface area (Å²) in [6, 6.07) is 3.16. The fourth-order valence-corrected chi connectivity index (χ4v) is 1.76. The summed E-state index contributed by atoms with van der Waals surface area (Å²) in [4.78, 5) is 7.98. The number of benzene rings is 1. The maximum absolute atomic E-state index is 5.97. The number of halogens is 3. The highest BCUT2D eigenvalue weighted by atomic mass is 35.5. The lowest BCUT2D eigenvalue weighted by atomic mass is 10.3. The van der Waals surface area contributed by atoms with E-state index in [1.165, 1.54) is 12.1 Å². The number of nitrogens with zero attached hydrogens (tertiary/aromatic N) is 2. The molecule has 0 fully saturated rings. The van der Waals surface area contributed by atoms with Gasteiger partial charge in [-0.25, -0.2) is 9.97 Å². The Labute approximate surface area is 119 Å². The Balaban J connectivity index is 2.25. The molecular formula is C11H8Cl3N3O. The van der Waals surface area contributed by atoms with Crippen molar-refractivity contribution in [2.75, 3.05) is 0 Å². The van der Waals surface area contributed by atoms with E-state index in [2.05, 4.69) is 9.97 Å². The van der Waals surface area contributed by atoms with Crippen LogP contribution in [0.1, 0.15) is 5.56 Å².